The second-order valence-electron chi connectivity index (χ2n) is 8.81. The van der Waals surface area contributed by atoms with Crippen molar-refractivity contribution in [2.75, 3.05) is 19.6 Å². The fourth-order valence-corrected chi connectivity index (χ4v) is 3.59. The second kappa shape index (κ2) is 20.1. The Morgan fingerprint density at radius 3 is 1.67 bits per heavy atom. The van der Waals surface area contributed by atoms with Crippen LogP contribution in [0.25, 0.3) is 31.3 Å². The highest BCUT2D eigenvalue weighted by Crippen LogP contribution is 2.29. The van der Waals surface area contributed by atoms with Gasteiger partial charge in [-0.3, -0.25) is 9.59 Å². The maximum Gasteiger partial charge on any atom is 0.334 e. The van der Waals surface area contributed by atoms with Crippen molar-refractivity contribution in [2.45, 2.75) is 69.9 Å². The van der Waals surface area contributed by atoms with Gasteiger partial charge in [-0.15, -0.1) is 0 Å². The van der Waals surface area contributed by atoms with Gasteiger partial charge in [0.15, 0.2) is 0 Å². The van der Waals surface area contributed by atoms with Gasteiger partial charge in [0.1, 0.15) is 12.1 Å². The first kappa shape index (κ1) is 36.2. The third-order valence-electron chi connectivity index (χ3n) is 5.73. The molecule has 2 N–H and O–H groups in total. The Hall–Kier alpha value is -4.79. The van der Waals surface area contributed by atoms with Gasteiger partial charge >= 0.3 is 5.97 Å². The quantitative estimate of drug-likeness (QED) is 0.0216. The Kier molecular flexibility index (Phi) is 17.0. The molecule has 1 aromatic carbocycles. The van der Waals surface area contributed by atoms with E-state index >= 15 is 0 Å². The van der Waals surface area contributed by atoms with Crippen LogP contribution in [0.5, 0.6) is 5.75 Å². The molecule has 15 nitrogen and oxygen atoms in total. The summed E-state index contributed by atoms with van der Waals surface area (Å²) in [5.74, 6) is -16.9. The number of hydrogen-bond acceptors (Lipinski definition) is 7. The predicted molar refractivity (Wildman–Crippen MR) is 139 cm³/mol. The molecular weight excluding hydrogens is 589 g/mol. The van der Waals surface area contributed by atoms with Crippen molar-refractivity contribution in [2.24, 2.45) is 15.3 Å². The number of amides is 2. The standard InChI is InChI=1S/C23H28F5N11O4/c24-16-17(25)19(27)21(20(28)18(16)26)43-23(42)14(8-3-5-11-33-38-30)36-22(41)13(7-2-1-4-10-32-37-29)35-15(40)9-6-12-34-39-31/h13-14H,1-12H2,(H,35,40)(H,36,41)/t13-,14-/m0/s1. The van der Waals surface area contributed by atoms with Gasteiger partial charge < -0.3 is 15.4 Å². The number of benzene rings is 1. The highest BCUT2D eigenvalue weighted by Gasteiger charge is 2.32. The lowest BCUT2D eigenvalue weighted by Gasteiger charge is -2.23. The minimum absolute atomic E-state index is 0.00572. The highest BCUT2D eigenvalue weighted by molar-refractivity contribution is 5.91. The lowest BCUT2D eigenvalue weighted by Crippen LogP contribution is -2.52. The molecule has 0 aliphatic rings. The molecule has 1 rings (SSSR count). The van der Waals surface area contributed by atoms with Crippen LogP contribution in [0.1, 0.15) is 57.8 Å². The number of nitrogens with one attached hydrogen (secondary N) is 2. The largest absolute Gasteiger partial charge is 0.418 e. The summed E-state index contributed by atoms with van der Waals surface area (Å²) in [6, 6.07) is -2.91. The van der Waals surface area contributed by atoms with Crippen LogP contribution in [0, 0.1) is 29.1 Å². The summed E-state index contributed by atoms with van der Waals surface area (Å²) in [4.78, 5) is 46.1. The van der Waals surface area contributed by atoms with Gasteiger partial charge in [0, 0.05) is 40.8 Å². The van der Waals surface area contributed by atoms with E-state index in [9.17, 15) is 36.3 Å². The average molecular weight is 618 g/mol. The van der Waals surface area contributed by atoms with Gasteiger partial charge in [0.2, 0.25) is 46.6 Å². The molecule has 2 atom stereocenters. The van der Waals surface area contributed by atoms with Crippen molar-refractivity contribution < 1.29 is 41.1 Å². The summed E-state index contributed by atoms with van der Waals surface area (Å²) >= 11 is 0. The second-order valence-corrected chi connectivity index (χ2v) is 8.81. The number of ether oxygens (including phenoxy) is 1. The minimum Gasteiger partial charge on any atom is -0.418 e. The maximum absolute atomic E-state index is 14.1. The number of hydrogen-bond donors (Lipinski definition) is 2. The van der Waals surface area contributed by atoms with E-state index in [1.807, 2.05) is 0 Å². The predicted octanol–water partition coefficient (Wildman–Crippen LogP) is 5.70. The van der Waals surface area contributed by atoms with Crippen LogP contribution in [-0.2, 0) is 14.4 Å². The van der Waals surface area contributed by atoms with Crippen molar-refractivity contribution in [1.29, 1.82) is 0 Å². The molecule has 0 saturated heterocycles. The van der Waals surface area contributed by atoms with Crippen LogP contribution >= 0.6 is 0 Å². The first-order chi connectivity index (χ1) is 20.6. The maximum atomic E-state index is 14.1. The summed E-state index contributed by atoms with van der Waals surface area (Å²) < 4.78 is 73.4. The number of esters is 1. The van der Waals surface area contributed by atoms with Crippen LogP contribution in [0.2, 0.25) is 0 Å². The Morgan fingerprint density at radius 1 is 0.651 bits per heavy atom. The summed E-state index contributed by atoms with van der Waals surface area (Å²) in [7, 11) is 0. The molecule has 0 saturated carbocycles. The van der Waals surface area contributed by atoms with Crippen molar-refractivity contribution in [1.82, 2.24) is 10.6 Å². The average Bonchev–Trinajstić information content (AvgIpc) is 2.99. The molecule has 0 bridgehead atoms. The number of azide groups is 3. The fraction of sp³-hybridized carbons (Fsp3) is 0.609. The van der Waals surface area contributed by atoms with Gasteiger partial charge in [0.05, 0.1) is 0 Å². The number of unbranched alkanes of at least 4 members (excludes halogenated alkanes) is 3. The van der Waals surface area contributed by atoms with Crippen molar-refractivity contribution in [3.05, 3.63) is 60.4 Å². The molecule has 0 aliphatic carbocycles. The fourth-order valence-electron chi connectivity index (χ4n) is 3.59. The molecule has 0 heterocycles. The molecule has 2 amide bonds. The summed E-state index contributed by atoms with van der Waals surface area (Å²) in [6.45, 7) is 0.205. The number of nitrogens with zero attached hydrogens (tertiary/aromatic N) is 9. The molecule has 234 valence electrons. The Bertz CT molecular complexity index is 1250. The molecule has 0 spiro atoms. The van der Waals surface area contributed by atoms with Crippen molar-refractivity contribution in [3.8, 4) is 5.75 Å². The normalized spacial score (nSPS) is 11.7. The number of carbonyl (C=O) groups excluding carboxylic acids is 3. The zero-order chi connectivity index (χ0) is 32.2. The molecule has 0 unspecified atom stereocenters. The Balaban J connectivity index is 3.14. The molecule has 0 fully saturated rings. The Labute approximate surface area is 241 Å². The van der Waals surface area contributed by atoms with Crippen LogP contribution in [0.3, 0.4) is 0 Å². The lowest BCUT2D eigenvalue weighted by atomic mass is 10.0. The van der Waals surface area contributed by atoms with Crippen LogP contribution in [0.4, 0.5) is 22.0 Å². The summed E-state index contributed by atoms with van der Waals surface area (Å²) in [6.07, 6.45) is 1.42. The van der Waals surface area contributed by atoms with Gasteiger partial charge in [-0.25, -0.2) is 18.0 Å². The van der Waals surface area contributed by atoms with Gasteiger partial charge in [0.25, 0.3) is 0 Å². The topological polar surface area (TPSA) is 231 Å². The zero-order valence-corrected chi connectivity index (χ0v) is 22.7. The van der Waals surface area contributed by atoms with Crippen LogP contribution < -0.4 is 15.4 Å². The third-order valence-corrected chi connectivity index (χ3v) is 5.73. The molecule has 0 radical (unpaired) electrons. The zero-order valence-electron chi connectivity index (χ0n) is 22.7. The van der Waals surface area contributed by atoms with E-state index in [0.29, 0.717) is 19.3 Å². The summed E-state index contributed by atoms with van der Waals surface area (Å²) in [5, 5.41) is 14.8. The molecule has 1 aromatic rings. The van der Waals surface area contributed by atoms with E-state index < -0.39 is 64.7 Å². The number of halogens is 5. The van der Waals surface area contributed by atoms with E-state index in [0.717, 1.165) is 0 Å². The van der Waals surface area contributed by atoms with E-state index in [-0.39, 0.29) is 58.2 Å². The van der Waals surface area contributed by atoms with Gasteiger partial charge in [-0.1, -0.05) is 34.6 Å². The lowest BCUT2D eigenvalue weighted by molar-refractivity contribution is -0.140. The van der Waals surface area contributed by atoms with Gasteiger partial charge in [-0.2, -0.15) is 8.78 Å². The number of rotatable bonds is 20. The Morgan fingerprint density at radius 2 is 1.12 bits per heavy atom. The molecule has 20 heteroatoms. The van der Waals surface area contributed by atoms with E-state index in [4.69, 9.17) is 16.6 Å². The smallest absolute Gasteiger partial charge is 0.334 e. The third kappa shape index (κ3) is 12.7. The molecule has 43 heavy (non-hydrogen) atoms. The van der Waals surface area contributed by atoms with Gasteiger partial charge in [-0.05, 0) is 48.7 Å². The first-order valence-electron chi connectivity index (χ1n) is 12.9. The van der Waals surface area contributed by atoms with Crippen molar-refractivity contribution in [3.63, 3.8) is 0 Å². The van der Waals surface area contributed by atoms with E-state index in [1.54, 1.807) is 0 Å². The van der Waals surface area contributed by atoms with Crippen molar-refractivity contribution >= 4 is 17.8 Å². The number of carbonyl (C=O) groups is 3. The molecular formula is C23H28F5N11O4. The van der Waals surface area contributed by atoms with Crippen LogP contribution in [0.15, 0.2) is 15.3 Å². The molecule has 0 aromatic heterocycles. The molecule has 0 aliphatic heterocycles. The first-order valence-corrected chi connectivity index (χ1v) is 12.9. The van der Waals surface area contributed by atoms with Crippen LogP contribution in [-0.4, -0.2) is 49.5 Å². The van der Waals surface area contributed by atoms with E-state index in [1.165, 1.54) is 0 Å². The monoisotopic (exact) mass is 617 g/mol. The summed E-state index contributed by atoms with van der Waals surface area (Å²) in [5.41, 5.74) is 25.1. The van der Waals surface area contributed by atoms with E-state index in [2.05, 4.69) is 45.4 Å². The SMILES string of the molecule is [N-]=[N+]=NCCCCC[C@H](NC(=O)CCCN=[N+]=[N-])C(=O)N[C@@H](CCCCN=[N+]=[N-])C(=O)Oc1c(F)c(F)c(F)c(F)c1F. The minimum atomic E-state index is -2.46. The highest BCUT2D eigenvalue weighted by atomic mass is 19.2.